The van der Waals surface area contributed by atoms with E-state index in [1.807, 2.05) is 0 Å². The van der Waals surface area contributed by atoms with E-state index in [9.17, 15) is 35.1 Å². The summed E-state index contributed by atoms with van der Waals surface area (Å²) in [5.41, 5.74) is -0.665. The Hall–Kier alpha value is -2.44. The molecule has 1 aliphatic heterocycles. The van der Waals surface area contributed by atoms with Gasteiger partial charge < -0.3 is 18.9 Å². The van der Waals surface area contributed by atoms with Crippen molar-refractivity contribution in [3.63, 3.8) is 0 Å². The van der Waals surface area contributed by atoms with Crippen LogP contribution in [0.25, 0.3) is 0 Å². The van der Waals surface area contributed by atoms with Crippen molar-refractivity contribution in [3.8, 4) is 5.75 Å². The number of halogens is 8. The van der Waals surface area contributed by atoms with E-state index in [0.29, 0.717) is 5.56 Å². The van der Waals surface area contributed by atoms with Gasteiger partial charge in [0.1, 0.15) is 17.7 Å². The van der Waals surface area contributed by atoms with Gasteiger partial charge in [0.15, 0.2) is 17.5 Å². The minimum Gasteiger partial charge on any atom is -0.429 e. The summed E-state index contributed by atoms with van der Waals surface area (Å²) in [6.07, 6.45) is -12.4. The zero-order valence-corrected chi connectivity index (χ0v) is 15.6. The molecule has 3 rings (SSSR count). The van der Waals surface area contributed by atoms with Crippen LogP contribution >= 0.6 is 0 Å². The van der Waals surface area contributed by atoms with Gasteiger partial charge in [-0.05, 0) is 24.6 Å². The first kappa shape index (κ1) is 23.2. The highest BCUT2D eigenvalue weighted by Crippen LogP contribution is 2.35. The van der Waals surface area contributed by atoms with Crippen molar-refractivity contribution in [1.29, 1.82) is 0 Å². The predicted octanol–water partition coefficient (Wildman–Crippen LogP) is 5.03. The molecule has 0 aliphatic carbocycles. The first-order valence-electron chi connectivity index (χ1n) is 8.66. The fourth-order valence-corrected chi connectivity index (χ4v) is 2.67. The molecule has 1 saturated heterocycles. The van der Waals surface area contributed by atoms with Crippen LogP contribution in [0.3, 0.4) is 0 Å². The van der Waals surface area contributed by atoms with Crippen molar-refractivity contribution in [2.75, 3.05) is 13.2 Å². The van der Waals surface area contributed by atoms with Crippen LogP contribution in [-0.2, 0) is 20.3 Å². The van der Waals surface area contributed by atoms with Crippen molar-refractivity contribution >= 4 is 0 Å². The van der Waals surface area contributed by atoms with E-state index < -0.39 is 72.4 Å². The second kappa shape index (κ2) is 8.60. The van der Waals surface area contributed by atoms with Gasteiger partial charge in [0.05, 0.1) is 18.8 Å². The Morgan fingerprint density at radius 2 is 1.45 bits per heavy atom. The van der Waals surface area contributed by atoms with Crippen molar-refractivity contribution in [3.05, 3.63) is 64.7 Å². The fraction of sp³-hybridized carbons (Fsp3) is 0.368. The molecule has 0 spiro atoms. The third-order valence-corrected chi connectivity index (χ3v) is 4.11. The van der Waals surface area contributed by atoms with Crippen LogP contribution in [0.2, 0.25) is 0 Å². The van der Waals surface area contributed by atoms with Crippen molar-refractivity contribution in [2.45, 2.75) is 31.5 Å². The number of hydrogen-bond donors (Lipinski definition) is 0. The maximum Gasteiger partial charge on any atom is 0.451 e. The smallest absolute Gasteiger partial charge is 0.429 e. The highest BCUT2D eigenvalue weighted by atomic mass is 19.3. The Morgan fingerprint density at radius 3 is 2.00 bits per heavy atom. The highest BCUT2D eigenvalue weighted by Gasteiger charge is 2.49. The van der Waals surface area contributed by atoms with Crippen molar-refractivity contribution in [2.24, 2.45) is 0 Å². The lowest BCUT2D eigenvalue weighted by atomic mass is 10.1. The molecule has 0 saturated carbocycles. The predicted molar refractivity (Wildman–Crippen MR) is 87.5 cm³/mol. The third-order valence-electron chi connectivity index (χ3n) is 4.11. The molecule has 12 heteroatoms. The Morgan fingerprint density at radius 1 is 0.871 bits per heavy atom. The first-order chi connectivity index (χ1) is 14.4. The first-order valence-corrected chi connectivity index (χ1v) is 8.66. The van der Waals surface area contributed by atoms with E-state index in [1.54, 1.807) is 0 Å². The van der Waals surface area contributed by atoms with Gasteiger partial charge in [0.25, 0.3) is 6.29 Å². The lowest BCUT2D eigenvalue weighted by Gasteiger charge is -2.34. The summed E-state index contributed by atoms with van der Waals surface area (Å²) in [5.74, 6) is -7.70. The van der Waals surface area contributed by atoms with E-state index in [2.05, 4.69) is 18.9 Å². The summed E-state index contributed by atoms with van der Waals surface area (Å²) in [7, 11) is 0. The maximum absolute atomic E-state index is 14.2. The molecule has 1 heterocycles. The van der Waals surface area contributed by atoms with E-state index >= 15 is 0 Å². The molecule has 0 atom stereocenters. The van der Waals surface area contributed by atoms with Gasteiger partial charge >= 0.3 is 12.2 Å². The molecule has 31 heavy (non-hydrogen) atoms. The SMILES string of the molecule is Cc1ccc(C(F)(F)OC2COC(C(F)(F)Oc3cc(F)c(F)c(F)c3)OC2)c(F)c1. The number of ether oxygens (including phenoxy) is 4. The zero-order chi connectivity index (χ0) is 23.0. The Balaban J connectivity index is 1.61. The normalized spacial score (nSPS) is 20.0. The molecule has 0 N–H and O–H groups in total. The van der Waals surface area contributed by atoms with Crippen LogP contribution in [0.4, 0.5) is 35.1 Å². The summed E-state index contributed by atoms with van der Waals surface area (Å²) in [6.45, 7) is -0.149. The second-order valence-corrected chi connectivity index (χ2v) is 6.60. The van der Waals surface area contributed by atoms with Gasteiger partial charge in [-0.2, -0.15) is 17.6 Å². The van der Waals surface area contributed by atoms with Gasteiger partial charge in [-0.25, -0.2) is 17.6 Å². The molecule has 0 aromatic heterocycles. The summed E-state index contributed by atoms with van der Waals surface area (Å²) in [6, 6.07) is 3.28. The van der Waals surface area contributed by atoms with Crippen LogP contribution < -0.4 is 4.74 Å². The van der Waals surface area contributed by atoms with Crippen LogP contribution in [0.5, 0.6) is 5.75 Å². The summed E-state index contributed by atoms with van der Waals surface area (Å²) < 4.78 is 128. The lowest BCUT2D eigenvalue weighted by Crippen LogP contribution is -2.50. The van der Waals surface area contributed by atoms with Gasteiger partial charge in [0, 0.05) is 12.1 Å². The maximum atomic E-state index is 14.2. The lowest BCUT2D eigenvalue weighted by molar-refractivity contribution is -0.377. The van der Waals surface area contributed by atoms with E-state index in [-0.39, 0.29) is 12.1 Å². The van der Waals surface area contributed by atoms with Gasteiger partial charge in [-0.1, -0.05) is 6.07 Å². The largest absolute Gasteiger partial charge is 0.451 e. The minimum atomic E-state index is -4.33. The second-order valence-electron chi connectivity index (χ2n) is 6.60. The van der Waals surface area contributed by atoms with Gasteiger partial charge in [-0.15, -0.1) is 0 Å². The molecule has 1 aliphatic rings. The molecule has 1 fully saturated rings. The monoisotopic (exact) mass is 458 g/mol. The third kappa shape index (κ3) is 5.25. The molecular formula is C19H14F8O4. The molecule has 0 radical (unpaired) electrons. The van der Waals surface area contributed by atoms with Crippen LogP contribution in [0.15, 0.2) is 30.3 Å². The molecule has 2 aromatic rings. The van der Waals surface area contributed by atoms with E-state index in [0.717, 1.165) is 12.1 Å². The molecule has 0 bridgehead atoms. The van der Waals surface area contributed by atoms with Gasteiger partial charge in [0.2, 0.25) is 0 Å². The quantitative estimate of drug-likeness (QED) is 0.450. The number of aryl methyl sites for hydroxylation is 1. The molecule has 2 aromatic carbocycles. The summed E-state index contributed by atoms with van der Waals surface area (Å²) in [5, 5.41) is 0. The highest BCUT2D eigenvalue weighted by molar-refractivity contribution is 5.26. The fourth-order valence-electron chi connectivity index (χ4n) is 2.67. The van der Waals surface area contributed by atoms with Crippen molar-refractivity contribution in [1.82, 2.24) is 0 Å². The Labute approximate surface area is 170 Å². The molecule has 0 amide bonds. The number of rotatable bonds is 6. The Kier molecular flexibility index (Phi) is 6.44. The molecular weight excluding hydrogens is 444 g/mol. The van der Waals surface area contributed by atoms with Crippen LogP contribution in [-0.4, -0.2) is 31.7 Å². The molecule has 0 unspecified atom stereocenters. The minimum absolute atomic E-state index is 0.178. The summed E-state index contributed by atoms with van der Waals surface area (Å²) >= 11 is 0. The topological polar surface area (TPSA) is 36.9 Å². The standard InChI is InChI=1S/C19H14F8O4/c1-9-2-3-12(13(20)4-9)18(24,25)31-11-7-28-17(29-8-11)19(26,27)30-10-5-14(21)16(23)15(22)6-10/h2-6,11,17H,7-8H2,1H3. The number of alkyl halides is 4. The average molecular weight is 458 g/mol. The Bertz CT molecular complexity index is 921. The van der Waals surface area contributed by atoms with E-state index in [4.69, 9.17) is 0 Å². The number of benzene rings is 2. The summed E-state index contributed by atoms with van der Waals surface area (Å²) in [4.78, 5) is 0. The van der Waals surface area contributed by atoms with E-state index in [1.165, 1.54) is 13.0 Å². The van der Waals surface area contributed by atoms with Gasteiger partial charge in [-0.3, -0.25) is 0 Å². The van der Waals surface area contributed by atoms with Crippen LogP contribution in [0, 0.1) is 30.2 Å². The van der Waals surface area contributed by atoms with Crippen LogP contribution in [0.1, 0.15) is 11.1 Å². The van der Waals surface area contributed by atoms with Crippen molar-refractivity contribution < 1.29 is 54.1 Å². The molecule has 4 nitrogen and oxygen atoms in total. The number of hydrogen-bond acceptors (Lipinski definition) is 4. The zero-order valence-electron chi connectivity index (χ0n) is 15.6. The molecule has 170 valence electrons. The average Bonchev–Trinajstić information content (AvgIpc) is 2.65.